The van der Waals surface area contributed by atoms with Gasteiger partial charge in [-0.1, -0.05) is 11.6 Å². The lowest BCUT2D eigenvalue weighted by molar-refractivity contribution is -0.140. The van der Waals surface area contributed by atoms with E-state index in [2.05, 4.69) is 0 Å². The van der Waals surface area contributed by atoms with Crippen LogP contribution in [0.4, 0.5) is 0 Å². The highest BCUT2D eigenvalue weighted by molar-refractivity contribution is 5.73. The standard InChI is InChI=1S/C10H16O3/c1-7(9(11)12)8-3-5-10(2,13)6-4-8/h3,7,13H,4-6H2,1-2H3,(H,11,12)/t7-,10?/m0/s1. The predicted octanol–water partition coefficient (Wildman–Crippen LogP) is 1.57. The summed E-state index contributed by atoms with van der Waals surface area (Å²) in [7, 11) is 0. The normalized spacial score (nSPS) is 30.8. The van der Waals surface area contributed by atoms with Crippen LogP contribution in [0, 0.1) is 5.92 Å². The van der Waals surface area contributed by atoms with Crippen molar-refractivity contribution in [1.29, 1.82) is 0 Å². The molecule has 0 saturated heterocycles. The zero-order valence-corrected chi connectivity index (χ0v) is 8.08. The Morgan fingerprint density at radius 3 is 2.69 bits per heavy atom. The van der Waals surface area contributed by atoms with E-state index in [0.29, 0.717) is 19.3 Å². The molecule has 1 unspecified atom stereocenters. The van der Waals surface area contributed by atoms with E-state index in [1.807, 2.05) is 6.08 Å². The maximum Gasteiger partial charge on any atom is 0.310 e. The van der Waals surface area contributed by atoms with Crippen molar-refractivity contribution < 1.29 is 15.0 Å². The van der Waals surface area contributed by atoms with Crippen LogP contribution in [0.2, 0.25) is 0 Å². The summed E-state index contributed by atoms with van der Waals surface area (Å²) in [5.41, 5.74) is 0.306. The molecule has 2 atom stereocenters. The van der Waals surface area contributed by atoms with Gasteiger partial charge in [0.1, 0.15) is 0 Å². The van der Waals surface area contributed by atoms with Gasteiger partial charge in [0.05, 0.1) is 11.5 Å². The molecular formula is C10H16O3. The molecule has 74 valence electrons. The number of aliphatic hydroxyl groups is 1. The number of carbonyl (C=O) groups is 1. The molecule has 13 heavy (non-hydrogen) atoms. The van der Waals surface area contributed by atoms with E-state index >= 15 is 0 Å². The second kappa shape index (κ2) is 3.50. The Morgan fingerprint density at radius 1 is 1.69 bits per heavy atom. The number of rotatable bonds is 2. The maximum atomic E-state index is 10.7. The third-order valence-electron chi connectivity index (χ3n) is 2.68. The lowest BCUT2D eigenvalue weighted by Crippen LogP contribution is -2.28. The van der Waals surface area contributed by atoms with Gasteiger partial charge in [0.2, 0.25) is 0 Å². The molecule has 0 amide bonds. The largest absolute Gasteiger partial charge is 0.481 e. The SMILES string of the molecule is C[C@H](C(=O)O)C1=CCC(C)(O)CC1. The molecule has 0 aromatic rings. The Balaban J connectivity index is 2.65. The molecule has 0 heterocycles. The first kappa shape index (κ1) is 10.3. The number of carboxylic acid groups (broad SMARTS) is 1. The molecule has 0 fully saturated rings. The Morgan fingerprint density at radius 2 is 2.31 bits per heavy atom. The van der Waals surface area contributed by atoms with Crippen molar-refractivity contribution in [3.8, 4) is 0 Å². The lowest BCUT2D eigenvalue weighted by atomic mass is 9.83. The van der Waals surface area contributed by atoms with Crippen molar-refractivity contribution in [1.82, 2.24) is 0 Å². The van der Waals surface area contributed by atoms with Gasteiger partial charge in [0, 0.05) is 0 Å². The smallest absolute Gasteiger partial charge is 0.310 e. The Bertz CT molecular complexity index is 241. The molecule has 2 N–H and O–H groups in total. The highest BCUT2D eigenvalue weighted by Crippen LogP contribution is 2.30. The third kappa shape index (κ3) is 2.56. The third-order valence-corrected chi connectivity index (χ3v) is 2.68. The highest BCUT2D eigenvalue weighted by atomic mass is 16.4. The van der Waals surface area contributed by atoms with Crippen LogP contribution in [0.3, 0.4) is 0 Å². The van der Waals surface area contributed by atoms with E-state index in [4.69, 9.17) is 5.11 Å². The van der Waals surface area contributed by atoms with Crippen LogP contribution < -0.4 is 0 Å². The van der Waals surface area contributed by atoms with Crippen LogP contribution in [0.1, 0.15) is 33.1 Å². The zero-order valence-electron chi connectivity index (χ0n) is 8.08. The molecule has 0 radical (unpaired) electrons. The minimum absolute atomic E-state index is 0.406. The molecule has 0 spiro atoms. The van der Waals surface area contributed by atoms with Crippen molar-refractivity contribution in [2.45, 2.75) is 38.7 Å². The number of aliphatic carboxylic acids is 1. The van der Waals surface area contributed by atoms with Gasteiger partial charge < -0.3 is 10.2 Å². The number of hydrogen-bond donors (Lipinski definition) is 2. The summed E-state index contributed by atoms with van der Waals surface area (Å²) in [5.74, 6) is -1.19. The van der Waals surface area contributed by atoms with Crippen LogP contribution >= 0.6 is 0 Å². The average Bonchev–Trinajstić information content (AvgIpc) is 2.03. The summed E-state index contributed by atoms with van der Waals surface area (Å²) in [6, 6.07) is 0. The fraction of sp³-hybridized carbons (Fsp3) is 0.700. The Hall–Kier alpha value is -0.830. The quantitative estimate of drug-likeness (QED) is 0.640. The summed E-state index contributed by atoms with van der Waals surface area (Å²) in [4.78, 5) is 10.7. The summed E-state index contributed by atoms with van der Waals surface area (Å²) in [6.07, 6.45) is 3.79. The van der Waals surface area contributed by atoms with Gasteiger partial charge in [0.25, 0.3) is 0 Å². The van der Waals surface area contributed by atoms with E-state index in [1.54, 1.807) is 13.8 Å². The highest BCUT2D eigenvalue weighted by Gasteiger charge is 2.27. The molecule has 0 bridgehead atoms. The molecule has 3 nitrogen and oxygen atoms in total. The molecule has 3 heteroatoms. The molecule has 0 aliphatic heterocycles. The predicted molar refractivity (Wildman–Crippen MR) is 49.4 cm³/mol. The van der Waals surface area contributed by atoms with Crippen LogP contribution in [0.5, 0.6) is 0 Å². The first-order valence-electron chi connectivity index (χ1n) is 4.56. The zero-order chi connectivity index (χ0) is 10.1. The van der Waals surface area contributed by atoms with Gasteiger partial charge >= 0.3 is 5.97 Å². The van der Waals surface area contributed by atoms with Crippen molar-refractivity contribution >= 4 is 5.97 Å². The van der Waals surface area contributed by atoms with E-state index in [-0.39, 0.29) is 0 Å². The average molecular weight is 184 g/mol. The molecule has 0 saturated carbocycles. The minimum atomic E-state index is -0.784. The number of hydrogen-bond acceptors (Lipinski definition) is 2. The number of carboxylic acids is 1. The Labute approximate surface area is 78.1 Å². The molecule has 0 aromatic heterocycles. The monoisotopic (exact) mass is 184 g/mol. The van der Waals surface area contributed by atoms with E-state index in [1.165, 1.54) is 0 Å². The van der Waals surface area contributed by atoms with Gasteiger partial charge in [-0.3, -0.25) is 4.79 Å². The molecule has 0 aromatic carbocycles. The van der Waals surface area contributed by atoms with Gasteiger partial charge in [-0.05, 0) is 33.1 Å². The molecular weight excluding hydrogens is 168 g/mol. The molecule has 1 rings (SSSR count). The van der Waals surface area contributed by atoms with Crippen LogP contribution in [0.15, 0.2) is 11.6 Å². The summed E-state index contributed by atoms with van der Waals surface area (Å²) < 4.78 is 0. The van der Waals surface area contributed by atoms with Gasteiger partial charge in [-0.15, -0.1) is 0 Å². The second-order valence-corrected chi connectivity index (χ2v) is 4.04. The van der Waals surface area contributed by atoms with Gasteiger partial charge in [0.15, 0.2) is 0 Å². The summed E-state index contributed by atoms with van der Waals surface area (Å²) >= 11 is 0. The molecule has 1 aliphatic rings. The summed E-state index contributed by atoms with van der Waals surface area (Å²) in [6.45, 7) is 3.47. The van der Waals surface area contributed by atoms with Crippen LogP contribution in [0.25, 0.3) is 0 Å². The fourth-order valence-corrected chi connectivity index (χ4v) is 1.52. The van der Waals surface area contributed by atoms with Crippen molar-refractivity contribution in [2.75, 3.05) is 0 Å². The second-order valence-electron chi connectivity index (χ2n) is 4.04. The van der Waals surface area contributed by atoms with E-state index in [0.717, 1.165) is 5.57 Å². The summed E-state index contributed by atoms with van der Waals surface area (Å²) in [5, 5.41) is 18.4. The Kier molecular flexibility index (Phi) is 2.76. The van der Waals surface area contributed by atoms with Crippen LogP contribution in [-0.2, 0) is 4.79 Å². The van der Waals surface area contributed by atoms with Crippen molar-refractivity contribution in [3.63, 3.8) is 0 Å². The molecule has 1 aliphatic carbocycles. The first-order valence-corrected chi connectivity index (χ1v) is 4.56. The van der Waals surface area contributed by atoms with Crippen molar-refractivity contribution in [2.24, 2.45) is 5.92 Å². The van der Waals surface area contributed by atoms with E-state index < -0.39 is 17.5 Å². The van der Waals surface area contributed by atoms with Crippen LogP contribution in [-0.4, -0.2) is 21.8 Å². The maximum absolute atomic E-state index is 10.7. The van der Waals surface area contributed by atoms with E-state index in [9.17, 15) is 9.90 Å². The fourth-order valence-electron chi connectivity index (χ4n) is 1.52. The first-order chi connectivity index (χ1) is 5.92. The topological polar surface area (TPSA) is 57.5 Å². The lowest BCUT2D eigenvalue weighted by Gasteiger charge is -2.28. The van der Waals surface area contributed by atoms with Crippen molar-refractivity contribution in [3.05, 3.63) is 11.6 Å². The van der Waals surface area contributed by atoms with Gasteiger partial charge in [-0.25, -0.2) is 0 Å². The van der Waals surface area contributed by atoms with Gasteiger partial charge in [-0.2, -0.15) is 0 Å². The minimum Gasteiger partial charge on any atom is -0.481 e.